The van der Waals surface area contributed by atoms with Gasteiger partial charge in [-0.15, -0.1) is 0 Å². The van der Waals surface area contributed by atoms with Crippen molar-refractivity contribution in [1.82, 2.24) is 10.6 Å². The molecule has 17 heavy (non-hydrogen) atoms. The van der Waals surface area contributed by atoms with Crippen LogP contribution in [0.2, 0.25) is 0 Å². The molecule has 0 spiro atoms. The standard InChI is InChI=1S/C13H22N2O2/c1-6-11(9(4)14-12(16)7-2)10(5)15-13(17)8-3/h7-11H,2-3,6H2,1,4-5H3,(H,14,16)(H,15,17). The van der Waals surface area contributed by atoms with E-state index in [0.29, 0.717) is 0 Å². The predicted molar refractivity (Wildman–Crippen MR) is 69.4 cm³/mol. The third-order valence-electron chi connectivity index (χ3n) is 2.87. The first-order chi connectivity index (χ1) is 7.96. The molecule has 4 heteroatoms. The van der Waals surface area contributed by atoms with Crippen molar-refractivity contribution in [2.75, 3.05) is 0 Å². The molecule has 0 aliphatic heterocycles. The maximum atomic E-state index is 11.2. The lowest BCUT2D eigenvalue weighted by Crippen LogP contribution is -2.47. The summed E-state index contributed by atoms with van der Waals surface area (Å²) >= 11 is 0. The third kappa shape index (κ3) is 5.33. The predicted octanol–water partition coefficient (Wildman–Crippen LogP) is 1.39. The van der Waals surface area contributed by atoms with Crippen molar-refractivity contribution >= 4 is 11.8 Å². The maximum Gasteiger partial charge on any atom is 0.243 e. The highest BCUT2D eigenvalue weighted by Gasteiger charge is 2.23. The van der Waals surface area contributed by atoms with E-state index in [-0.39, 0.29) is 29.8 Å². The van der Waals surface area contributed by atoms with E-state index in [9.17, 15) is 9.59 Å². The Bertz CT molecular complexity index is 272. The molecule has 96 valence electrons. The Kier molecular flexibility index (Phi) is 6.94. The molecule has 0 aromatic rings. The van der Waals surface area contributed by atoms with Crippen molar-refractivity contribution < 1.29 is 9.59 Å². The number of hydrogen-bond acceptors (Lipinski definition) is 2. The molecule has 0 heterocycles. The Hall–Kier alpha value is -1.58. The molecule has 0 aliphatic rings. The minimum atomic E-state index is -0.196. The normalized spacial score (nSPS) is 15.2. The zero-order valence-corrected chi connectivity index (χ0v) is 10.8. The van der Waals surface area contributed by atoms with Crippen LogP contribution in [0.3, 0.4) is 0 Å². The molecule has 2 N–H and O–H groups in total. The van der Waals surface area contributed by atoms with Crippen LogP contribution in [0.1, 0.15) is 27.2 Å². The van der Waals surface area contributed by atoms with E-state index in [1.165, 1.54) is 12.2 Å². The van der Waals surface area contributed by atoms with Gasteiger partial charge in [0.15, 0.2) is 0 Å². The van der Waals surface area contributed by atoms with Gasteiger partial charge in [0, 0.05) is 12.1 Å². The first-order valence-corrected chi connectivity index (χ1v) is 5.82. The van der Waals surface area contributed by atoms with Gasteiger partial charge in [0.05, 0.1) is 0 Å². The van der Waals surface area contributed by atoms with Crippen molar-refractivity contribution in [3.63, 3.8) is 0 Å². The van der Waals surface area contributed by atoms with Crippen molar-refractivity contribution in [3.05, 3.63) is 25.3 Å². The lowest BCUT2D eigenvalue weighted by molar-refractivity contribution is -0.117. The van der Waals surface area contributed by atoms with Crippen LogP contribution >= 0.6 is 0 Å². The van der Waals surface area contributed by atoms with Crippen LogP contribution in [-0.4, -0.2) is 23.9 Å². The molecule has 0 aromatic carbocycles. The van der Waals surface area contributed by atoms with Crippen LogP contribution < -0.4 is 10.6 Å². The number of nitrogens with one attached hydrogen (secondary N) is 2. The fourth-order valence-corrected chi connectivity index (χ4v) is 1.92. The summed E-state index contributed by atoms with van der Waals surface area (Å²) in [6.07, 6.45) is 3.35. The highest BCUT2D eigenvalue weighted by molar-refractivity contribution is 5.87. The van der Waals surface area contributed by atoms with Crippen molar-refractivity contribution in [2.45, 2.75) is 39.3 Å². The third-order valence-corrected chi connectivity index (χ3v) is 2.87. The van der Waals surface area contributed by atoms with Crippen molar-refractivity contribution in [3.8, 4) is 0 Å². The minimum absolute atomic E-state index is 0.0226. The molecule has 0 aliphatic carbocycles. The van der Waals surface area contributed by atoms with E-state index in [4.69, 9.17) is 0 Å². The summed E-state index contributed by atoms with van der Waals surface area (Å²) in [7, 11) is 0. The summed E-state index contributed by atoms with van der Waals surface area (Å²) in [6, 6.07) is -0.0452. The van der Waals surface area contributed by atoms with Crippen LogP contribution in [0, 0.1) is 5.92 Å². The molecule has 0 bridgehead atoms. The molecule has 0 fully saturated rings. The summed E-state index contributed by atoms with van der Waals surface area (Å²) in [6.45, 7) is 12.7. The van der Waals surface area contributed by atoms with Gasteiger partial charge in [-0.25, -0.2) is 0 Å². The lowest BCUT2D eigenvalue weighted by atomic mass is 9.91. The van der Waals surface area contributed by atoms with Crippen LogP contribution in [0.5, 0.6) is 0 Å². The molecule has 2 unspecified atom stereocenters. The first kappa shape index (κ1) is 15.4. The largest absolute Gasteiger partial charge is 0.350 e. The van der Waals surface area contributed by atoms with Gasteiger partial charge in [-0.1, -0.05) is 20.1 Å². The number of carbonyl (C=O) groups excluding carboxylic acids is 2. The SMILES string of the molecule is C=CC(=O)NC(C)C(CC)C(C)NC(=O)C=C. The summed E-state index contributed by atoms with van der Waals surface area (Å²) in [5.74, 6) is -0.223. The van der Waals surface area contributed by atoms with Crippen molar-refractivity contribution in [1.29, 1.82) is 0 Å². The van der Waals surface area contributed by atoms with E-state index in [0.717, 1.165) is 6.42 Å². The Morgan fingerprint density at radius 2 is 1.41 bits per heavy atom. The molecule has 0 rings (SSSR count). The topological polar surface area (TPSA) is 58.2 Å². The van der Waals surface area contributed by atoms with Gasteiger partial charge in [0.25, 0.3) is 0 Å². The number of hydrogen-bond donors (Lipinski definition) is 2. The second-order valence-electron chi connectivity index (χ2n) is 4.07. The fourth-order valence-electron chi connectivity index (χ4n) is 1.92. The zero-order valence-electron chi connectivity index (χ0n) is 10.8. The second kappa shape index (κ2) is 7.65. The maximum absolute atomic E-state index is 11.2. The van der Waals surface area contributed by atoms with Gasteiger partial charge in [0.2, 0.25) is 11.8 Å². The molecule has 4 nitrogen and oxygen atoms in total. The van der Waals surface area contributed by atoms with Gasteiger partial charge in [-0.05, 0) is 38.3 Å². The van der Waals surface area contributed by atoms with Crippen LogP contribution in [0.15, 0.2) is 25.3 Å². The van der Waals surface area contributed by atoms with Gasteiger partial charge in [-0.3, -0.25) is 9.59 Å². The number of rotatable bonds is 7. The van der Waals surface area contributed by atoms with E-state index in [2.05, 4.69) is 23.8 Å². The molecule has 2 amide bonds. The Morgan fingerprint density at radius 1 is 1.06 bits per heavy atom. The molecule has 0 saturated heterocycles. The fraction of sp³-hybridized carbons (Fsp3) is 0.538. The first-order valence-electron chi connectivity index (χ1n) is 5.82. The molecular weight excluding hydrogens is 216 g/mol. The van der Waals surface area contributed by atoms with E-state index >= 15 is 0 Å². The van der Waals surface area contributed by atoms with Crippen LogP contribution in [0.4, 0.5) is 0 Å². The van der Waals surface area contributed by atoms with E-state index in [1.807, 2.05) is 20.8 Å². The molecular formula is C13H22N2O2. The zero-order chi connectivity index (χ0) is 13.4. The lowest BCUT2D eigenvalue weighted by Gasteiger charge is -2.29. The smallest absolute Gasteiger partial charge is 0.243 e. The van der Waals surface area contributed by atoms with Crippen molar-refractivity contribution in [2.24, 2.45) is 5.92 Å². The average Bonchev–Trinajstić information content (AvgIpc) is 2.29. The van der Waals surface area contributed by atoms with Crippen LogP contribution in [0.25, 0.3) is 0 Å². The van der Waals surface area contributed by atoms with Gasteiger partial charge in [-0.2, -0.15) is 0 Å². The monoisotopic (exact) mass is 238 g/mol. The molecule has 2 atom stereocenters. The molecule has 0 radical (unpaired) electrons. The highest BCUT2D eigenvalue weighted by Crippen LogP contribution is 2.13. The van der Waals surface area contributed by atoms with Gasteiger partial charge >= 0.3 is 0 Å². The Balaban J connectivity index is 4.47. The highest BCUT2D eigenvalue weighted by atomic mass is 16.2. The van der Waals surface area contributed by atoms with E-state index < -0.39 is 0 Å². The number of amides is 2. The summed E-state index contributed by atoms with van der Waals surface area (Å²) in [5.41, 5.74) is 0. The number of carbonyl (C=O) groups is 2. The molecule has 0 saturated carbocycles. The van der Waals surface area contributed by atoms with Crippen LogP contribution in [-0.2, 0) is 9.59 Å². The van der Waals surface area contributed by atoms with E-state index in [1.54, 1.807) is 0 Å². The van der Waals surface area contributed by atoms with Gasteiger partial charge < -0.3 is 10.6 Å². The summed E-state index contributed by atoms with van der Waals surface area (Å²) < 4.78 is 0. The average molecular weight is 238 g/mol. The summed E-state index contributed by atoms with van der Waals surface area (Å²) in [5, 5.41) is 5.64. The minimum Gasteiger partial charge on any atom is -0.350 e. The Morgan fingerprint density at radius 3 is 1.65 bits per heavy atom. The second-order valence-corrected chi connectivity index (χ2v) is 4.07. The summed E-state index contributed by atoms with van der Waals surface area (Å²) in [4.78, 5) is 22.4. The quantitative estimate of drug-likeness (QED) is 0.659. The Labute approximate surface area is 103 Å². The molecule has 0 aromatic heterocycles. The van der Waals surface area contributed by atoms with Gasteiger partial charge in [0.1, 0.15) is 0 Å².